The molecule has 7 heteroatoms. The van der Waals surface area contributed by atoms with E-state index in [1.54, 1.807) is 12.1 Å². The molecule has 0 unspecified atom stereocenters. The summed E-state index contributed by atoms with van der Waals surface area (Å²) < 4.78 is 43.6. The van der Waals surface area contributed by atoms with Gasteiger partial charge in [-0.15, -0.1) is 0 Å². The van der Waals surface area contributed by atoms with Crippen LogP contribution in [0.2, 0.25) is 5.02 Å². The van der Waals surface area contributed by atoms with Crippen LogP contribution in [0.25, 0.3) is 0 Å². The van der Waals surface area contributed by atoms with Gasteiger partial charge in [0.2, 0.25) is 5.91 Å². The lowest BCUT2D eigenvalue weighted by atomic mass is 10.2. The molecule has 3 nitrogen and oxygen atoms in total. The third kappa shape index (κ3) is 5.67. The van der Waals surface area contributed by atoms with Gasteiger partial charge in [0.05, 0.1) is 29.3 Å². The average molecular weight is 372 g/mol. The quantitative estimate of drug-likeness (QED) is 0.745. The molecule has 1 N–H and O–H groups in total. The number of carbonyl (C=O) groups excluding carboxylic acids is 1. The molecule has 0 saturated carbocycles. The number of amides is 1. The molecular weight excluding hydrogens is 355 g/mol. The second-order valence-corrected chi connectivity index (χ2v) is 5.74. The Kier molecular flexibility index (Phi) is 6.31. The van der Waals surface area contributed by atoms with E-state index in [1.807, 2.05) is 19.1 Å². The Bertz CT molecular complexity index is 730. The van der Waals surface area contributed by atoms with E-state index in [0.717, 1.165) is 24.6 Å². The number of benzene rings is 2. The molecule has 2 rings (SSSR count). The van der Waals surface area contributed by atoms with Crippen molar-refractivity contribution in [1.29, 1.82) is 0 Å². The lowest BCUT2D eigenvalue weighted by Gasteiger charge is -2.12. The Morgan fingerprint density at radius 2 is 1.84 bits per heavy atom. The van der Waals surface area contributed by atoms with Crippen LogP contribution in [0, 0.1) is 0 Å². The summed E-state index contributed by atoms with van der Waals surface area (Å²) in [6.07, 6.45) is -3.60. The van der Waals surface area contributed by atoms with Crippen LogP contribution in [0.1, 0.15) is 24.5 Å². The van der Waals surface area contributed by atoms with E-state index >= 15 is 0 Å². The lowest BCUT2D eigenvalue weighted by Crippen LogP contribution is -2.16. The molecule has 25 heavy (non-hydrogen) atoms. The first-order valence-corrected chi connectivity index (χ1v) is 8.05. The smallest absolute Gasteiger partial charge is 0.416 e. The zero-order valence-corrected chi connectivity index (χ0v) is 14.2. The van der Waals surface area contributed by atoms with Crippen LogP contribution in [-0.4, -0.2) is 12.5 Å². The van der Waals surface area contributed by atoms with Gasteiger partial charge >= 0.3 is 6.18 Å². The van der Waals surface area contributed by atoms with Crippen molar-refractivity contribution in [2.45, 2.75) is 25.9 Å². The number of hydrogen-bond donors (Lipinski definition) is 1. The normalized spacial score (nSPS) is 11.2. The van der Waals surface area contributed by atoms with Gasteiger partial charge in [-0.1, -0.05) is 30.7 Å². The highest BCUT2D eigenvalue weighted by Crippen LogP contribution is 2.33. The molecule has 1 amide bonds. The predicted octanol–water partition coefficient (Wildman–Crippen LogP) is 5.33. The van der Waals surface area contributed by atoms with Gasteiger partial charge in [-0.05, 0) is 42.3 Å². The summed E-state index contributed by atoms with van der Waals surface area (Å²) in [5, 5.41) is 2.42. The average Bonchev–Trinajstić information content (AvgIpc) is 2.56. The van der Waals surface area contributed by atoms with E-state index < -0.39 is 17.6 Å². The Morgan fingerprint density at radius 3 is 2.44 bits per heavy atom. The molecule has 0 aliphatic rings. The summed E-state index contributed by atoms with van der Waals surface area (Å²) in [7, 11) is 0. The molecule has 0 aliphatic carbocycles. The fourth-order valence-corrected chi connectivity index (χ4v) is 2.26. The van der Waals surface area contributed by atoms with Gasteiger partial charge in [0.15, 0.2) is 0 Å². The van der Waals surface area contributed by atoms with Gasteiger partial charge < -0.3 is 10.1 Å². The molecular formula is C18H17ClF3NO2. The third-order valence-corrected chi connectivity index (χ3v) is 3.83. The van der Waals surface area contributed by atoms with Gasteiger partial charge in [0.25, 0.3) is 0 Å². The van der Waals surface area contributed by atoms with Gasteiger partial charge in [-0.25, -0.2) is 0 Å². The summed E-state index contributed by atoms with van der Waals surface area (Å²) in [6.45, 7) is 2.15. The maximum absolute atomic E-state index is 12.7. The molecule has 0 heterocycles. The number of carbonyl (C=O) groups is 1. The minimum Gasteiger partial charge on any atom is -0.493 e. The van der Waals surface area contributed by atoms with Crippen LogP contribution in [-0.2, 0) is 17.4 Å². The second-order valence-electron chi connectivity index (χ2n) is 5.34. The molecule has 0 fully saturated rings. The monoisotopic (exact) mass is 371 g/mol. The highest BCUT2D eigenvalue weighted by atomic mass is 35.5. The van der Waals surface area contributed by atoms with Gasteiger partial charge in [-0.2, -0.15) is 13.2 Å². The van der Waals surface area contributed by atoms with Crippen molar-refractivity contribution in [3.63, 3.8) is 0 Å². The number of nitrogens with one attached hydrogen (secondary N) is 1. The largest absolute Gasteiger partial charge is 0.493 e. The molecule has 2 aromatic carbocycles. The number of anilines is 1. The molecule has 0 bridgehead atoms. The third-order valence-electron chi connectivity index (χ3n) is 3.50. The van der Waals surface area contributed by atoms with E-state index in [1.165, 1.54) is 5.56 Å². The van der Waals surface area contributed by atoms with Crippen molar-refractivity contribution in [3.05, 3.63) is 58.6 Å². The molecule has 134 valence electrons. The Labute approximate surface area is 148 Å². The lowest BCUT2D eigenvalue weighted by molar-refractivity contribution is -0.137. The highest BCUT2D eigenvalue weighted by molar-refractivity contribution is 6.33. The highest BCUT2D eigenvalue weighted by Gasteiger charge is 2.31. The Morgan fingerprint density at radius 1 is 1.16 bits per heavy atom. The van der Waals surface area contributed by atoms with E-state index in [9.17, 15) is 18.0 Å². The van der Waals surface area contributed by atoms with Crippen molar-refractivity contribution in [1.82, 2.24) is 0 Å². The maximum atomic E-state index is 12.7. The zero-order chi connectivity index (χ0) is 18.4. The number of aryl methyl sites for hydroxylation is 1. The van der Waals surface area contributed by atoms with Crippen LogP contribution in [0.3, 0.4) is 0 Å². The molecule has 0 radical (unpaired) electrons. The van der Waals surface area contributed by atoms with Crippen LogP contribution >= 0.6 is 11.6 Å². The number of rotatable bonds is 6. The van der Waals surface area contributed by atoms with Crippen molar-refractivity contribution in [2.75, 3.05) is 11.9 Å². The van der Waals surface area contributed by atoms with Gasteiger partial charge in [-0.3, -0.25) is 4.79 Å². The van der Waals surface area contributed by atoms with Crippen molar-refractivity contribution >= 4 is 23.2 Å². The van der Waals surface area contributed by atoms with Gasteiger partial charge in [0, 0.05) is 0 Å². The topological polar surface area (TPSA) is 38.3 Å². The Hall–Kier alpha value is -2.21. The van der Waals surface area contributed by atoms with Gasteiger partial charge in [0.1, 0.15) is 5.75 Å². The first-order valence-electron chi connectivity index (χ1n) is 7.68. The minimum absolute atomic E-state index is 0.0118. The van der Waals surface area contributed by atoms with Crippen molar-refractivity contribution < 1.29 is 22.7 Å². The first-order chi connectivity index (χ1) is 11.8. The van der Waals surface area contributed by atoms with E-state index in [0.29, 0.717) is 5.75 Å². The van der Waals surface area contributed by atoms with Crippen LogP contribution in [0.15, 0.2) is 42.5 Å². The Balaban J connectivity index is 1.89. The first kappa shape index (κ1) is 19.1. The minimum atomic E-state index is -4.50. The summed E-state index contributed by atoms with van der Waals surface area (Å²) in [6, 6.07) is 10.2. The standard InChI is InChI=1S/C18H17ClF3NO2/c1-2-12-3-6-14(7-4-12)25-10-9-17(24)23-16-11-13(18(20,21)22)5-8-15(16)19/h3-8,11H,2,9-10H2,1H3,(H,23,24). The number of halogens is 4. The summed E-state index contributed by atoms with van der Waals surface area (Å²) >= 11 is 5.84. The molecule has 0 atom stereocenters. The number of alkyl halides is 3. The van der Waals surface area contributed by atoms with Crippen molar-refractivity contribution in [2.24, 2.45) is 0 Å². The van der Waals surface area contributed by atoms with Crippen LogP contribution < -0.4 is 10.1 Å². The molecule has 2 aromatic rings. The van der Waals surface area contributed by atoms with Crippen LogP contribution in [0.5, 0.6) is 5.75 Å². The zero-order valence-electron chi connectivity index (χ0n) is 13.5. The fraction of sp³-hybridized carbons (Fsp3) is 0.278. The molecule has 0 aliphatic heterocycles. The van der Waals surface area contributed by atoms with E-state index in [4.69, 9.17) is 16.3 Å². The summed E-state index contributed by atoms with van der Waals surface area (Å²) in [5.41, 5.74) is 0.220. The van der Waals surface area contributed by atoms with E-state index in [-0.39, 0.29) is 23.7 Å². The SMILES string of the molecule is CCc1ccc(OCCC(=O)Nc2cc(C(F)(F)F)ccc2Cl)cc1. The summed E-state index contributed by atoms with van der Waals surface area (Å²) in [5.74, 6) is 0.147. The summed E-state index contributed by atoms with van der Waals surface area (Å²) in [4.78, 5) is 11.9. The second kappa shape index (κ2) is 8.25. The molecule has 0 spiro atoms. The maximum Gasteiger partial charge on any atom is 0.416 e. The van der Waals surface area contributed by atoms with Crippen LogP contribution in [0.4, 0.5) is 18.9 Å². The predicted molar refractivity (Wildman–Crippen MR) is 91.0 cm³/mol. The number of ether oxygens (including phenoxy) is 1. The number of hydrogen-bond acceptors (Lipinski definition) is 2. The molecule has 0 saturated heterocycles. The molecule has 0 aromatic heterocycles. The van der Waals surface area contributed by atoms with Crippen molar-refractivity contribution in [3.8, 4) is 5.75 Å². The van der Waals surface area contributed by atoms with E-state index in [2.05, 4.69) is 5.32 Å². The fourth-order valence-electron chi connectivity index (χ4n) is 2.09.